The van der Waals surface area contributed by atoms with E-state index in [-0.39, 0.29) is 11.7 Å². The smallest absolute Gasteiger partial charge is 0.409 e. The van der Waals surface area contributed by atoms with Gasteiger partial charge in [-0.15, -0.1) is 0 Å². The predicted molar refractivity (Wildman–Crippen MR) is 65.7 cm³/mol. The van der Waals surface area contributed by atoms with Crippen molar-refractivity contribution in [1.82, 2.24) is 14.9 Å². The van der Waals surface area contributed by atoms with Gasteiger partial charge in [-0.1, -0.05) is 0 Å². The Bertz CT molecular complexity index is 465. The van der Waals surface area contributed by atoms with Gasteiger partial charge in [0.05, 0.1) is 12.9 Å². The molecule has 0 aliphatic carbocycles. The zero-order valence-electron chi connectivity index (χ0n) is 10.3. The van der Waals surface area contributed by atoms with E-state index in [0.29, 0.717) is 38.6 Å². The molecule has 1 saturated heterocycles. The van der Waals surface area contributed by atoms with Gasteiger partial charge >= 0.3 is 6.09 Å². The molecule has 7 nitrogen and oxygen atoms in total. The minimum atomic E-state index is -0.281. The number of hydrogen-bond acceptors (Lipinski definition) is 5. The number of carbonyl (C=O) groups excluding carboxylic acids is 1. The fraction of sp³-hybridized carbons (Fsp3) is 0.545. The summed E-state index contributed by atoms with van der Waals surface area (Å²) in [6, 6.07) is 1.46. The molecule has 0 aromatic carbocycles. The Balaban J connectivity index is 1.94. The number of aromatic amines is 1. The summed E-state index contributed by atoms with van der Waals surface area (Å²) in [6.07, 6.45) is 1.10. The van der Waals surface area contributed by atoms with Crippen LogP contribution in [0.5, 0.6) is 0 Å². The standard InChI is InChI=1S/C11H16N4O3/c1-2-18-11(17)15-5-3-14(4-6-15)9-7-10(16)13-8-12-9/h7-8H,2-6H2,1H3,(H,12,13,16). The maximum absolute atomic E-state index is 11.5. The van der Waals surface area contributed by atoms with Crippen LogP contribution in [-0.4, -0.2) is 53.7 Å². The Morgan fingerprint density at radius 1 is 1.44 bits per heavy atom. The molecule has 18 heavy (non-hydrogen) atoms. The molecule has 1 aromatic heterocycles. The molecule has 1 fully saturated rings. The number of nitrogens with zero attached hydrogens (tertiary/aromatic N) is 3. The van der Waals surface area contributed by atoms with Crippen molar-refractivity contribution >= 4 is 11.9 Å². The molecule has 1 amide bonds. The first-order valence-electron chi connectivity index (χ1n) is 5.92. The first kappa shape index (κ1) is 12.4. The fourth-order valence-electron chi connectivity index (χ4n) is 1.86. The summed E-state index contributed by atoms with van der Waals surface area (Å²) in [6.45, 7) is 4.62. The molecule has 1 aliphatic heterocycles. The van der Waals surface area contributed by atoms with Gasteiger partial charge in [0.1, 0.15) is 5.82 Å². The van der Waals surface area contributed by atoms with Crippen LogP contribution >= 0.6 is 0 Å². The zero-order valence-corrected chi connectivity index (χ0v) is 10.3. The highest BCUT2D eigenvalue weighted by Crippen LogP contribution is 2.11. The van der Waals surface area contributed by atoms with Gasteiger partial charge in [-0.05, 0) is 6.92 Å². The van der Waals surface area contributed by atoms with Gasteiger partial charge in [0.15, 0.2) is 0 Å². The summed E-state index contributed by atoms with van der Waals surface area (Å²) in [5, 5.41) is 0. The molecule has 0 bridgehead atoms. The van der Waals surface area contributed by atoms with Crippen LogP contribution in [-0.2, 0) is 4.74 Å². The molecule has 1 N–H and O–H groups in total. The van der Waals surface area contributed by atoms with Gasteiger partial charge in [0.25, 0.3) is 5.56 Å². The quantitative estimate of drug-likeness (QED) is 0.804. The lowest BCUT2D eigenvalue weighted by Gasteiger charge is -2.34. The summed E-state index contributed by atoms with van der Waals surface area (Å²) in [7, 11) is 0. The van der Waals surface area contributed by atoms with Crippen molar-refractivity contribution in [2.24, 2.45) is 0 Å². The van der Waals surface area contributed by atoms with Gasteiger partial charge in [-0.25, -0.2) is 9.78 Å². The van der Waals surface area contributed by atoms with E-state index >= 15 is 0 Å². The van der Waals surface area contributed by atoms with Crippen molar-refractivity contribution in [2.45, 2.75) is 6.92 Å². The number of H-pyrrole nitrogens is 1. The van der Waals surface area contributed by atoms with Gasteiger partial charge in [-0.3, -0.25) is 4.79 Å². The number of ether oxygens (including phenoxy) is 1. The lowest BCUT2D eigenvalue weighted by atomic mass is 10.3. The van der Waals surface area contributed by atoms with E-state index in [1.165, 1.54) is 12.4 Å². The van der Waals surface area contributed by atoms with Crippen LogP contribution in [0.3, 0.4) is 0 Å². The predicted octanol–water partition coefficient (Wildman–Crippen LogP) is 0.0484. The highest BCUT2D eigenvalue weighted by molar-refractivity contribution is 5.68. The van der Waals surface area contributed by atoms with E-state index in [1.807, 2.05) is 4.90 Å². The van der Waals surface area contributed by atoms with Crippen molar-refractivity contribution in [3.8, 4) is 0 Å². The third-order valence-corrected chi connectivity index (χ3v) is 2.79. The van der Waals surface area contributed by atoms with E-state index in [4.69, 9.17) is 4.74 Å². The second-order valence-electron chi connectivity index (χ2n) is 3.94. The average molecular weight is 252 g/mol. The van der Waals surface area contributed by atoms with Crippen LogP contribution in [0.15, 0.2) is 17.2 Å². The van der Waals surface area contributed by atoms with Crippen molar-refractivity contribution in [2.75, 3.05) is 37.7 Å². The second kappa shape index (κ2) is 5.52. The highest BCUT2D eigenvalue weighted by atomic mass is 16.6. The van der Waals surface area contributed by atoms with Crippen LogP contribution < -0.4 is 10.5 Å². The van der Waals surface area contributed by atoms with E-state index in [1.54, 1.807) is 11.8 Å². The van der Waals surface area contributed by atoms with Crippen molar-refractivity contribution in [1.29, 1.82) is 0 Å². The number of rotatable bonds is 2. The van der Waals surface area contributed by atoms with E-state index in [9.17, 15) is 9.59 Å². The molecular weight excluding hydrogens is 236 g/mol. The highest BCUT2D eigenvalue weighted by Gasteiger charge is 2.22. The van der Waals surface area contributed by atoms with E-state index < -0.39 is 0 Å². The first-order valence-corrected chi connectivity index (χ1v) is 5.92. The van der Waals surface area contributed by atoms with Gasteiger partial charge in [-0.2, -0.15) is 0 Å². The molecule has 98 valence electrons. The summed E-state index contributed by atoms with van der Waals surface area (Å²) in [4.78, 5) is 32.9. The zero-order chi connectivity index (χ0) is 13.0. The summed E-state index contributed by atoms with van der Waals surface area (Å²) >= 11 is 0. The largest absolute Gasteiger partial charge is 0.450 e. The second-order valence-corrected chi connectivity index (χ2v) is 3.94. The molecule has 0 unspecified atom stereocenters. The van der Waals surface area contributed by atoms with Crippen LogP contribution in [0.1, 0.15) is 6.92 Å². The minimum Gasteiger partial charge on any atom is -0.450 e. The van der Waals surface area contributed by atoms with Crippen LogP contribution in [0.4, 0.5) is 10.6 Å². The van der Waals surface area contributed by atoms with E-state index in [2.05, 4.69) is 9.97 Å². The SMILES string of the molecule is CCOC(=O)N1CCN(c2cc(=O)[nH]cn2)CC1. The number of piperazine rings is 1. The van der Waals surface area contributed by atoms with Gasteiger partial charge in [0, 0.05) is 32.2 Å². The summed E-state index contributed by atoms with van der Waals surface area (Å²) in [5.41, 5.74) is -0.173. The van der Waals surface area contributed by atoms with E-state index in [0.717, 1.165) is 0 Å². The number of aromatic nitrogens is 2. The van der Waals surface area contributed by atoms with Crippen LogP contribution in [0.2, 0.25) is 0 Å². The maximum Gasteiger partial charge on any atom is 0.409 e. The Labute approximate surface area is 104 Å². The maximum atomic E-state index is 11.5. The van der Waals surface area contributed by atoms with Crippen molar-refractivity contribution in [3.63, 3.8) is 0 Å². The Hall–Kier alpha value is -2.05. The Kier molecular flexibility index (Phi) is 3.81. The molecule has 0 spiro atoms. The number of amides is 1. The number of hydrogen-bond donors (Lipinski definition) is 1. The number of anilines is 1. The number of nitrogens with one attached hydrogen (secondary N) is 1. The van der Waals surface area contributed by atoms with Crippen molar-refractivity contribution in [3.05, 3.63) is 22.7 Å². The first-order chi connectivity index (χ1) is 8.70. The lowest BCUT2D eigenvalue weighted by Crippen LogP contribution is -2.49. The third-order valence-electron chi connectivity index (χ3n) is 2.79. The molecule has 2 heterocycles. The molecule has 0 atom stereocenters. The van der Waals surface area contributed by atoms with Gasteiger partial charge in [0.2, 0.25) is 0 Å². The third kappa shape index (κ3) is 2.79. The molecule has 0 radical (unpaired) electrons. The Morgan fingerprint density at radius 3 is 2.78 bits per heavy atom. The Morgan fingerprint density at radius 2 is 2.17 bits per heavy atom. The molecular formula is C11H16N4O3. The molecule has 7 heteroatoms. The molecule has 1 aliphatic rings. The van der Waals surface area contributed by atoms with Crippen LogP contribution in [0, 0.1) is 0 Å². The molecule has 0 saturated carbocycles. The normalized spacial score (nSPS) is 15.6. The minimum absolute atomic E-state index is 0.173. The summed E-state index contributed by atoms with van der Waals surface area (Å²) in [5.74, 6) is 0.641. The monoisotopic (exact) mass is 252 g/mol. The topological polar surface area (TPSA) is 78.5 Å². The number of carbonyl (C=O) groups is 1. The molecule has 2 rings (SSSR count). The van der Waals surface area contributed by atoms with Crippen LogP contribution in [0.25, 0.3) is 0 Å². The average Bonchev–Trinajstić information content (AvgIpc) is 2.39. The summed E-state index contributed by atoms with van der Waals surface area (Å²) < 4.78 is 4.94. The van der Waals surface area contributed by atoms with Crippen molar-refractivity contribution < 1.29 is 9.53 Å². The lowest BCUT2D eigenvalue weighted by molar-refractivity contribution is 0.105. The molecule has 1 aromatic rings. The van der Waals surface area contributed by atoms with Gasteiger partial charge < -0.3 is 19.5 Å². The fourth-order valence-corrected chi connectivity index (χ4v) is 1.86.